The number of rotatable bonds is 4. The fourth-order valence-electron chi connectivity index (χ4n) is 1.50. The number of aromatic nitrogens is 1. The maximum Gasteiger partial charge on any atom is 0.145 e. The Bertz CT molecular complexity index is 621. The zero-order chi connectivity index (χ0) is 13.8. The molecule has 6 heteroatoms. The molecule has 0 aliphatic rings. The van der Waals surface area contributed by atoms with Gasteiger partial charge in [0.25, 0.3) is 0 Å². The molecule has 0 fully saturated rings. The number of hydrogen-bond donors (Lipinski definition) is 1. The van der Waals surface area contributed by atoms with Gasteiger partial charge in [0.1, 0.15) is 28.9 Å². The molecule has 0 spiro atoms. The van der Waals surface area contributed by atoms with E-state index in [1.165, 1.54) is 12.1 Å². The van der Waals surface area contributed by atoms with E-state index >= 15 is 0 Å². The summed E-state index contributed by atoms with van der Waals surface area (Å²) in [6.07, 6.45) is 1.60. The van der Waals surface area contributed by atoms with Gasteiger partial charge >= 0.3 is 0 Å². The molecule has 2 rings (SSSR count). The van der Waals surface area contributed by atoms with Crippen LogP contribution in [0.15, 0.2) is 36.5 Å². The van der Waals surface area contributed by atoms with Gasteiger partial charge in [0.05, 0.1) is 5.02 Å². The van der Waals surface area contributed by atoms with Gasteiger partial charge in [0, 0.05) is 17.8 Å². The normalized spacial score (nSPS) is 10.2. The van der Waals surface area contributed by atoms with E-state index in [-0.39, 0.29) is 16.6 Å². The van der Waals surface area contributed by atoms with Crippen molar-refractivity contribution in [2.75, 3.05) is 0 Å². The van der Waals surface area contributed by atoms with E-state index in [4.69, 9.17) is 34.3 Å². The highest BCUT2D eigenvalue weighted by molar-refractivity contribution is 7.80. The third kappa shape index (κ3) is 3.39. The van der Waals surface area contributed by atoms with Crippen molar-refractivity contribution in [2.45, 2.75) is 6.61 Å². The van der Waals surface area contributed by atoms with Crippen LogP contribution in [-0.2, 0) is 6.61 Å². The highest BCUT2D eigenvalue weighted by Gasteiger charge is 2.07. The van der Waals surface area contributed by atoms with Gasteiger partial charge in [-0.05, 0) is 18.2 Å². The molecule has 1 aromatic carbocycles. The molecule has 2 N–H and O–H groups in total. The molecule has 0 aliphatic heterocycles. The molecule has 19 heavy (non-hydrogen) atoms. The molecule has 0 saturated heterocycles. The Kier molecular flexibility index (Phi) is 4.29. The van der Waals surface area contributed by atoms with E-state index in [1.807, 2.05) is 0 Å². The minimum Gasteiger partial charge on any atom is -0.489 e. The van der Waals surface area contributed by atoms with E-state index in [0.29, 0.717) is 11.4 Å². The molecule has 0 saturated carbocycles. The minimum absolute atomic E-state index is 0.0533. The molecule has 0 atom stereocenters. The van der Waals surface area contributed by atoms with Gasteiger partial charge < -0.3 is 10.5 Å². The van der Waals surface area contributed by atoms with Crippen LogP contribution in [-0.4, -0.2) is 9.97 Å². The van der Waals surface area contributed by atoms with Crippen molar-refractivity contribution in [1.82, 2.24) is 4.98 Å². The first-order valence-electron chi connectivity index (χ1n) is 5.39. The molecule has 3 nitrogen and oxygen atoms in total. The number of halogens is 2. The Balaban J connectivity index is 2.14. The first-order chi connectivity index (χ1) is 9.08. The summed E-state index contributed by atoms with van der Waals surface area (Å²) in [7, 11) is 0. The first kappa shape index (κ1) is 13.7. The summed E-state index contributed by atoms with van der Waals surface area (Å²) in [5, 5.41) is 0.0533. The van der Waals surface area contributed by atoms with Crippen LogP contribution >= 0.6 is 23.8 Å². The molecule has 98 valence electrons. The number of hydrogen-bond acceptors (Lipinski definition) is 3. The summed E-state index contributed by atoms with van der Waals surface area (Å²) in [5.74, 6) is -0.153. The third-order valence-corrected chi connectivity index (χ3v) is 2.91. The largest absolute Gasteiger partial charge is 0.489 e. The van der Waals surface area contributed by atoms with Crippen LogP contribution in [0.1, 0.15) is 11.3 Å². The lowest BCUT2D eigenvalue weighted by Gasteiger charge is -2.09. The molecule has 0 radical (unpaired) electrons. The fraction of sp³-hybridized carbons (Fsp3) is 0.0769. The second-order valence-electron chi connectivity index (χ2n) is 3.74. The smallest absolute Gasteiger partial charge is 0.145 e. The SMILES string of the molecule is NC(=S)c1ncccc1COc1ccc(Cl)c(F)c1. The van der Waals surface area contributed by atoms with Crippen molar-refractivity contribution in [3.63, 3.8) is 0 Å². The third-order valence-electron chi connectivity index (χ3n) is 2.41. The molecule has 0 aliphatic carbocycles. The van der Waals surface area contributed by atoms with Crippen molar-refractivity contribution < 1.29 is 9.13 Å². The monoisotopic (exact) mass is 296 g/mol. The lowest BCUT2D eigenvalue weighted by atomic mass is 10.2. The molecule has 2 aromatic rings. The van der Waals surface area contributed by atoms with Crippen LogP contribution in [0.5, 0.6) is 5.75 Å². The van der Waals surface area contributed by atoms with Crippen LogP contribution in [0, 0.1) is 5.82 Å². The Labute approximate surface area is 120 Å². The van der Waals surface area contributed by atoms with Gasteiger partial charge in [-0.15, -0.1) is 0 Å². The van der Waals surface area contributed by atoms with Gasteiger partial charge in [-0.1, -0.05) is 29.9 Å². The second kappa shape index (κ2) is 5.95. The lowest BCUT2D eigenvalue weighted by Crippen LogP contribution is -2.15. The predicted octanol–water partition coefficient (Wildman–Crippen LogP) is 3.09. The number of nitrogens with zero attached hydrogens (tertiary/aromatic N) is 1. The number of benzene rings is 1. The van der Waals surface area contributed by atoms with Gasteiger partial charge in [-0.25, -0.2) is 4.39 Å². The Morgan fingerprint density at radius 2 is 2.21 bits per heavy atom. The van der Waals surface area contributed by atoms with E-state index < -0.39 is 5.82 Å². The van der Waals surface area contributed by atoms with E-state index in [1.54, 1.807) is 24.4 Å². The fourth-order valence-corrected chi connectivity index (χ4v) is 1.81. The van der Waals surface area contributed by atoms with Crippen LogP contribution in [0.2, 0.25) is 5.02 Å². The van der Waals surface area contributed by atoms with Gasteiger partial charge in [0.15, 0.2) is 0 Å². The maximum atomic E-state index is 13.2. The lowest BCUT2D eigenvalue weighted by molar-refractivity contribution is 0.304. The van der Waals surface area contributed by atoms with Crippen molar-refractivity contribution in [1.29, 1.82) is 0 Å². The van der Waals surface area contributed by atoms with Crippen LogP contribution in [0.25, 0.3) is 0 Å². The Hall–Kier alpha value is -1.72. The zero-order valence-electron chi connectivity index (χ0n) is 9.77. The van der Waals surface area contributed by atoms with Crippen molar-refractivity contribution >= 4 is 28.8 Å². The van der Waals surface area contributed by atoms with E-state index in [9.17, 15) is 4.39 Å². The quantitative estimate of drug-likeness (QED) is 0.881. The highest BCUT2D eigenvalue weighted by atomic mass is 35.5. The van der Waals surface area contributed by atoms with Crippen molar-refractivity contribution in [3.8, 4) is 5.75 Å². The number of thiocarbonyl (C=S) groups is 1. The summed E-state index contributed by atoms with van der Waals surface area (Å²) >= 11 is 10.5. The predicted molar refractivity (Wildman–Crippen MR) is 75.9 cm³/mol. The Morgan fingerprint density at radius 3 is 2.89 bits per heavy atom. The maximum absolute atomic E-state index is 13.2. The molecular formula is C13H10ClFN2OS. The van der Waals surface area contributed by atoms with Crippen molar-refractivity contribution in [2.24, 2.45) is 5.73 Å². The summed E-state index contributed by atoms with van der Waals surface area (Å²) in [6, 6.07) is 7.79. The first-order valence-corrected chi connectivity index (χ1v) is 6.18. The summed E-state index contributed by atoms with van der Waals surface area (Å²) in [6.45, 7) is 0.196. The van der Waals surface area contributed by atoms with E-state index in [0.717, 1.165) is 5.56 Å². The van der Waals surface area contributed by atoms with Crippen LogP contribution < -0.4 is 10.5 Å². The Morgan fingerprint density at radius 1 is 1.42 bits per heavy atom. The number of ether oxygens (including phenoxy) is 1. The summed E-state index contributed by atoms with van der Waals surface area (Å²) in [5.41, 5.74) is 6.81. The van der Waals surface area contributed by atoms with Crippen LogP contribution in [0.3, 0.4) is 0 Å². The standard InChI is InChI=1S/C13H10ClFN2OS/c14-10-4-3-9(6-11(10)15)18-7-8-2-1-5-17-12(8)13(16)19/h1-6H,7H2,(H2,16,19). The summed E-state index contributed by atoms with van der Waals surface area (Å²) in [4.78, 5) is 4.28. The second-order valence-corrected chi connectivity index (χ2v) is 4.59. The van der Waals surface area contributed by atoms with Gasteiger partial charge in [-0.2, -0.15) is 0 Å². The number of pyridine rings is 1. The average molecular weight is 297 g/mol. The average Bonchev–Trinajstić information content (AvgIpc) is 2.40. The van der Waals surface area contributed by atoms with E-state index in [2.05, 4.69) is 4.98 Å². The topological polar surface area (TPSA) is 48.1 Å². The molecule has 1 aromatic heterocycles. The summed E-state index contributed by atoms with van der Waals surface area (Å²) < 4.78 is 18.7. The van der Waals surface area contributed by atoms with Gasteiger partial charge in [-0.3, -0.25) is 4.98 Å². The minimum atomic E-state index is -0.528. The molecule has 0 bridgehead atoms. The zero-order valence-corrected chi connectivity index (χ0v) is 11.3. The molecule has 0 unspecified atom stereocenters. The highest BCUT2D eigenvalue weighted by Crippen LogP contribution is 2.21. The molecule has 0 amide bonds. The molecular weight excluding hydrogens is 287 g/mol. The molecule has 1 heterocycles. The number of nitrogens with two attached hydrogens (primary N) is 1. The van der Waals surface area contributed by atoms with Gasteiger partial charge in [0.2, 0.25) is 0 Å². The van der Waals surface area contributed by atoms with Crippen LogP contribution in [0.4, 0.5) is 4.39 Å². The van der Waals surface area contributed by atoms with Crippen molar-refractivity contribution in [3.05, 3.63) is 58.6 Å².